The smallest absolute Gasteiger partial charge is 0.187 e. The van der Waals surface area contributed by atoms with Gasteiger partial charge in [0.15, 0.2) is 6.29 Å². The van der Waals surface area contributed by atoms with Gasteiger partial charge in [0.2, 0.25) is 0 Å². The lowest BCUT2D eigenvalue weighted by molar-refractivity contribution is -0.323. The first-order chi connectivity index (χ1) is 10.7. The first kappa shape index (κ1) is 18.1. The van der Waals surface area contributed by atoms with Gasteiger partial charge in [-0.1, -0.05) is 19.3 Å². The Morgan fingerprint density at radius 2 is 1.45 bits per heavy atom. The van der Waals surface area contributed by atoms with Gasteiger partial charge < -0.3 is 28.4 Å². The van der Waals surface area contributed by atoms with E-state index < -0.39 is 6.29 Å². The average Bonchev–Trinajstić information content (AvgIpc) is 2.55. The van der Waals surface area contributed by atoms with Crippen molar-refractivity contribution in [2.24, 2.45) is 0 Å². The van der Waals surface area contributed by atoms with Crippen LogP contribution in [0.2, 0.25) is 0 Å². The lowest BCUT2D eigenvalue weighted by Crippen LogP contribution is -2.61. The van der Waals surface area contributed by atoms with Crippen LogP contribution < -0.4 is 0 Å². The molecule has 2 fully saturated rings. The summed E-state index contributed by atoms with van der Waals surface area (Å²) < 4.78 is 34.4. The number of hydrogen-bond acceptors (Lipinski definition) is 6. The lowest BCUT2D eigenvalue weighted by Gasteiger charge is -2.45. The average molecular weight is 318 g/mol. The number of rotatable bonds is 7. The van der Waals surface area contributed by atoms with Gasteiger partial charge in [-0.2, -0.15) is 0 Å². The molecule has 5 atom stereocenters. The van der Waals surface area contributed by atoms with Gasteiger partial charge in [0.05, 0.1) is 12.7 Å². The zero-order chi connectivity index (χ0) is 15.9. The highest BCUT2D eigenvalue weighted by atomic mass is 16.7. The van der Waals surface area contributed by atoms with Crippen LogP contribution in [0.5, 0.6) is 0 Å². The van der Waals surface area contributed by atoms with Crippen LogP contribution in [0, 0.1) is 0 Å². The maximum absolute atomic E-state index is 6.20. The van der Waals surface area contributed by atoms with Crippen molar-refractivity contribution < 1.29 is 28.4 Å². The standard InChI is InChI=1S/C16H30O6/c1-17-10-12-13(18-2)14(19-3)15(20-4)16(22-12)21-11-8-6-5-7-9-11/h11-16H,5-10H2,1-4H3/t12-,13-,14+,15-,16+/m1/s1. The molecule has 1 aliphatic carbocycles. The summed E-state index contributed by atoms with van der Waals surface area (Å²) in [5.74, 6) is 0. The van der Waals surface area contributed by atoms with Crippen molar-refractivity contribution in [3.8, 4) is 0 Å². The van der Waals surface area contributed by atoms with Crippen LogP contribution in [-0.4, -0.2) is 71.9 Å². The molecule has 0 amide bonds. The third kappa shape index (κ3) is 4.19. The van der Waals surface area contributed by atoms with E-state index in [1.807, 2.05) is 0 Å². The second-order valence-corrected chi connectivity index (χ2v) is 6.00. The van der Waals surface area contributed by atoms with E-state index in [0.29, 0.717) is 6.61 Å². The largest absolute Gasteiger partial charge is 0.382 e. The SMILES string of the molecule is COC[C@H]1O[C@H](OC2CCCCC2)[C@H](OC)[C@@H](OC)[C@@H]1OC. The summed E-state index contributed by atoms with van der Waals surface area (Å²) in [5.41, 5.74) is 0. The fraction of sp³-hybridized carbons (Fsp3) is 1.00. The van der Waals surface area contributed by atoms with Crippen molar-refractivity contribution in [1.82, 2.24) is 0 Å². The van der Waals surface area contributed by atoms with Crippen LogP contribution in [0.15, 0.2) is 0 Å². The molecular formula is C16H30O6. The summed E-state index contributed by atoms with van der Waals surface area (Å²) >= 11 is 0. The molecule has 1 saturated heterocycles. The van der Waals surface area contributed by atoms with Gasteiger partial charge >= 0.3 is 0 Å². The number of ether oxygens (including phenoxy) is 6. The Morgan fingerprint density at radius 1 is 0.818 bits per heavy atom. The highest BCUT2D eigenvalue weighted by molar-refractivity contribution is 4.92. The molecule has 0 aromatic heterocycles. The minimum atomic E-state index is -0.454. The van der Waals surface area contributed by atoms with Gasteiger partial charge in [0, 0.05) is 28.4 Å². The monoisotopic (exact) mass is 318 g/mol. The molecule has 0 aromatic carbocycles. The van der Waals surface area contributed by atoms with Crippen molar-refractivity contribution in [2.45, 2.75) is 68.9 Å². The Balaban J connectivity index is 2.08. The molecule has 0 bridgehead atoms. The number of hydrogen-bond donors (Lipinski definition) is 0. The molecule has 0 aromatic rings. The fourth-order valence-corrected chi connectivity index (χ4v) is 3.48. The van der Waals surface area contributed by atoms with Gasteiger partial charge in [0.25, 0.3) is 0 Å². The molecule has 0 unspecified atom stereocenters. The van der Waals surface area contributed by atoms with Gasteiger partial charge in [-0.15, -0.1) is 0 Å². The Kier molecular flexibility index (Phi) is 7.53. The van der Waals surface area contributed by atoms with Crippen LogP contribution in [0.25, 0.3) is 0 Å². The van der Waals surface area contributed by atoms with E-state index in [0.717, 1.165) is 12.8 Å². The molecule has 130 valence electrons. The van der Waals surface area contributed by atoms with Crippen molar-refractivity contribution in [1.29, 1.82) is 0 Å². The highest BCUT2D eigenvalue weighted by Gasteiger charge is 2.48. The van der Waals surface area contributed by atoms with Crippen molar-refractivity contribution in [3.63, 3.8) is 0 Å². The van der Waals surface area contributed by atoms with Crippen molar-refractivity contribution >= 4 is 0 Å². The second kappa shape index (κ2) is 9.15. The Morgan fingerprint density at radius 3 is 2.00 bits per heavy atom. The molecule has 0 N–H and O–H groups in total. The zero-order valence-corrected chi connectivity index (χ0v) is 14.2. The van der Waals surface area contributed by atoms with Crippen LogP contribution in [0.3, 0.4) is 0 Å². The van der Waals surface area contributed by atoms with Gasteiger partial charge in [-0.3, -0.25) is 0 Å². The summed E-state index contributed by atoms with van der Waals surface area (Å²) in [5, 5.41) is 0. The zero-order valence-electron chi connectivity index (χ0n) is 14.2. The first-order valence-corrected chi connectivity index (χ1v) is 8.13. The van der Waals surface area contributed by atoms with E-state index >= 15 is 0 Å². The molecule has 0 spiro atoms. The molecule has 1 aliphatic heterocycles. The lowest BCUT2D eigenvalue weighted by atomic mass is 9.96. The summed E-state index contributed by atoms with van der Waals surface area (Å²) in [6, 6.07) is 0. The third-order valence-corrected chi connectivity index (χ3v) is 4.62. The molecule has 1 saturated carbocycles. The topological polar surface area (TPSA) is 55.4 Å². The Bertz CT molecular complexity index is 307. The molecule has 2 aliphatic rings. The van der Waals surface area contributed by atoms with Gasteiger partial charge in [-0.25, -0.2) is 0 Å². The normalized spacial score (nSPS) is 37.4. The van der Waals surface area contributed by atoms with Crippen LogP contribution in [-0.2, 0) is 28.4 Å². The quantitative estimate of drug-likeness (QED) is 0.713. The molecule has 2 rings (SSSR count). The number of methoxy groups -OCH3 is 4. The van der Waals surface area contributed by atoms with E-state index in [4.69, 9.17) is 28.4 Å². The van der Waals surface area contributed by atoms with E-state index in [2.05, 4.69) is 0 Å². The third-order valence-electron chi connectivity index (χ3n) is 4.62. The summed E-state index contributed by atoms with van der Waals surface area (Å²) in [6.07, 6.45) is 4.60. The molecular weight excluding hydrogens is 288 g/mol. The molecule has 0 radical (unpaired) electrons. The molecule has 6 heteroatoms. The molecule has 1 heterocycles. The fourth-order valence-electron chi connectivity index (χ4n) is 3.48. The minimum Gasteiger partial charge on any atom is -0.382 e. The van der Waals surface area contributed by atoms with Gasteiger partial charge in [-0.05, 0) is 12.8 Å². The summed E-state index contributed by atoms with van der Waals surface area (Å²) in [4.78, 5) is 0. The van der Waals surface area contributed by atoms with E-state index in [-0.39, 0.29) is 30.5 Å². The first-order valence-electron chi connectivity index (χ1n) is 8.13. The summed E-state index contributed by atoms with van der Waals surface area (Å²) in [6.45, 7) is 0.430. The molecule has 6 nitrogen and oxygen atoms in total. The van der Waals surface area contributed by atoms with Crippen LogP contribution in [0.4, 0.5) is 0 Å². The minimum absolute atomic E-state index is 0.233. The summed E-state index contributed by atoms with van der Waals surface area (Å²) in [7, 11) is 6.62. The van der Waals surface area contributed by atoms with Crippen molar-refractivity contribution in [3.05, 3.63) is 0 Å². The Hall–Kier alpha value is -0.240. The van der Waals surface area contributed by atoms with Crippen LogP contribution in [0.1, 0.15) is 32.1 Å². The van der Waals surface area contributed by atoms with E-state index in [1.54, 1.807) is 28.4 Å². The van der Waals surface area contributed by atoms with Gasteiger partial charge in [0.1, 0.15) is 24.4 Å². The van der Waals surface area contributed by atoms with E-state index in [9.17, 15) is 0 Å². The predicted octanol–water partition coefficient (Wildman–Crippen LogP) is 1.75. The van der Waals surface area contributed by atoms with E-state index in [1.165, 1.54) is 19.3 Å². The maximum Gasteiger partial charge on any atom is 0.187 e. The Labute approximate surface area is 133 Å². The second-order valence-electron chi connectivity index (χ2n) is 6.00. The molecule has 22 heavy (non-hydrogen) atoms. The predicted molar refractivity (Wildman–Crippen MR) is 80.9 cm³/mol. The van der Waals surface area contributed by atoms with Crippen molar-refractivity contribution in [2.75, 3.05) is 35.0 Å². The highest BCUT2D eigenvalue weighted by Crippen LogP contribution is 2.31. The van der Waals surface area contributed by atoms with Crippen LogP contribution >= 0.6 is 0 Å². The maximum atomic E-state index is 6.20.